The molecule has 2 atom stereocenters. The highest BCUT2D eigenvalue weighted by Crippen LogP contribution is 2.45. The molecular formula is C51H36N4O2. The van der Waals surface area contributed by atoms with Gasteiger partial charge < -0.3 is 13.4 Å². The Morgan fingerprint density at radius 1 is 0.368 bits per heavy atom. The minimum atomic E-state index is -0.191. The summed E-state index contributed by atoms with van der Waals surface area (Å²) in [7, 11) is 0. The lowest BCUT2D eigenvalue weighted by Gasteiger charge is -2.39. The van der Waals surface area contributed by atoms with Crippen LogP contribution < -0.4 is 16.0 Å². The first kappa shape index (κ1) is 32.3. The maximum atomic E-state index is 6.72. The Balaban J connectivity index is 1.03. The molecule has 11 aromatic rings. The topological polar surface area (TPSA) is 67.3 Å². The molecule has 1 aliphatic heterocycles. The molecule has 0 aliphatic carbocycles. The molecule has 0 amide bonds. The van der Waals surface area contributed by atoms with Crippen molar-refractivity contribution in [2.75, 3.05) is 0 Å². The van der Waals surface area contributed by atoms with Gasteiger partial charge in [-0.25, -0.2) is 0 Å². The fourth-order valence-corrected chi connectivity index (χ4v) is 9.24. The van der Waals surface area contributed by atoms with Crippen molar-refractivity contribution in [3.05, 3.63) is 199 Å². The number of rotatable bonds is 5. The summed E-state index contributed by atoms with van der Waals surface area (Å²) in [5.74, 6) is 0. The van der Waals surface area contributed by atoms with Gasteiger partial charge in [-0.15, -0.1) is 0 Å². The van der Waals surface area contributed by atoms with E-state index in [0.29, 0.717) is 0 Å². The van der Waals surface area contributed by atoms with E-state index in [1.165, 1.54) is 32.9 Å². The zero-order chi connectivity index (χ0) is 37.5. The van der Waals surface area contributed by atoms with Crippen LogP contribution in [0.4, 0.5) is 0 Å². The van der Waals surface area contributed by atoms with Crippen LogP contribution >= 0.6 is 0 Å². The first-order valence-electron chi connectivity index (χ1n) is 19.5. The highest BCUT2D eigenvalue weighted by atomic mass is 16.3. The summed E-state index contributed by atoms with van der Waals surface area (Å²) in [4.78, 5) is 0. The predicted molar refractivity (Wildman–Crippen MR) is 231 cm³/mol. The second-order valence-electron chi connectivity index (χ2n) is 15.0. The lowest BCUT2D eigenvalue weighted by Crippen LogP contribution is -2.54. The molecule has 12 rings (SSSR count). The van der Waals surface area contributed by atoms with Gasteiger partial charge in [-0.3, -0.25) is 16.0 Å². The summed E-state index contributed by atoms with van der Waals surface area (Å²) in [6.45, 7) is 0. The maximum Gasteiger partial charge on any atom is 0.137 e. The number of hydrogen-bond acceptors (Lipinski definition) is 5. The highest BCUT2D eigenvalue weighted by molar-refractivity contribution is 6.20. The third-order valence-electron chi connectivity index (χ3n) is 11.7. The zero-order valence-corrected chi connectivity index (χ0v) is 30.8. The minimum Gasteiger partial charge on any atom is -0.456 e. The van der Waals surface area contributed by atoms with Crippen molar-refractivity contribution in [2.45, 2.75) is 18.5 Å². The van der Waals surface area contributed by atoms with E-state index in [9.17, 15) is 0 Å². The van der Waals surface area contributed by atoms with E-state index in [-0.39, 0.29) is 18.5 Å². The van der Waals surface area contributed by atoms with E-state index >= 15 is 0 Å². The Kier molecular flexibility index (Phi) is 7.25. The van der Waals surface area contributed by atoms with E-state index in [2.05, 4.69) is 203 Å². The van der Waals surface area contributed by atoms with Crippen LogP contribution in [-0.4, -0.2) is 4.57 Å². The Morgan fingerprint density at radius 2 is 0.877 bits per heavy atom. The SMILES string of the molecule is c1ccc(C2NC(c3ccccc3)NC(c3cccc4oc5cccc(-c6cccc7oc8cc(-n9c%10ccccc%10c%10ccccc%109)ccc8c67)c5c34)N2)cc1. The first-order chi connectivity index (χ1) is 28.3. The van der Waals surface area contributed by atoms with E-state index in [1.54, 1.807) is 0 Å². The van der Waals surface area contributed by atoms with Crippen LogP contribution in [0.15, 0.2) is 191 Å². The molecule has 4 heterocycles. The van der Waals surface area contributed by atoms with Crippen molar-refractivity contribution in [2.24, 2.45) is 0 Å². The van der Waals surface area contributed by atoms with Crippen LogP contribution in [0.2, 0.25) is 0 Å². The van der Waals surface area contributed by atoms with Crippen LogP contribution in [0, 0.1) is 0 Å². The molecule has 2 unspecified atom stereocenters. The monoisotopic (exact) mass is 736 g/mol. The van der Waals surface area contributed by atoms with E-state index in [0.717, 1.165) is 66.3 Å². The summed E-state index contributed by atoms with van der Waals surface area (Å²) in [6, 6.07) is 64.2. The maximum absolute atomic E-state index is 6.72. The Hall–Kier alpha value is -6.96. The fraction of sp³-hybridized carbons (Fsp3) is 0.0588. The lowest BCUT2D eigenvalue weighted by atomic mass is 9.93. The van der Waals surface area contributed by atoms with E-state index in [4.69, 9.17) is 8.83 Å². The van der Waals surface area contributed by atoms with Crippen LogP contribution in [0.3, 0.4) is 0 Å². The molecule has 3 aromatic heterocycles. The molecule has 6 heteroatoms. The van der Waals surface area contributed by atoms with Gasteiger partial charge >= 0.3 is 0 Å². The van der Waals surface area contributed by atoms with Crippen molar-refractivity contribution < 1.29 is 8.83 Å². The second-order valence-corrected chi connectivity index (χ2v) is 15.0. The summed E-state index contributed by atoms with van der Waals surface area (Å²) in [5.41, 5.74) is 12.5. The third-order valence-corrected chi connectivity index (χ3v) is 11.7. The average molecular weight is 737 g/mol. The molecule has 3 N–H and O–H groups in total. The van der Waals surface area contributed by atoms with Crippen LogP contribution in [-0.2, 0) is 0 Å². The van der Waals surface area contributed by atoms with Gasteiger partial charge in [-0.05, 0) is 70.3 Å². The Bertz CT molecular complexity index is 3210. The quantitative estimate of drug-likeness (QED) is 0.164. The van der Waals surface area contributed by atoms with E-state index in [1.807, 2.05) is 0 Å². The van der Waals surface area contributed by atoms with Gasteiger partial charge in [-0.2, -0.15) is 0 Å². The number of hydrogen-bond donors (Lipinski definition) is 3. The van der Waals surface area contributed by atoms with Gasteiger partial charge in [0.2, 0.25) is 0 Å². The number of nitrogens with zero attached hydrogens (tertiary/aromatic N) is 1. The molecule has 57 heavy (non-hydrogen) atoms. The smallest absolute Gasteiger partial charge is 0.137 e. The van der Waals surface area contributed by atoms with Crippen LogP contribution in [0.25, 0.3) is 82.5 Å². The molecule has 1 saturated heterocycles. The molecule has 8 aromatic carbocycles. The average Bonchev–Trinajstić information content (AvgIpc) is 3.96. The molecular weight excluding hydrogens is 701 g/mol. The van der Waals surface area contributed by atoms with Crippen molar-refractivity contribution in [3.63, 3.8) is 0 Å². The number of nitrogens with one attached hydrogen (secondary N) is 3. The van der Waals surface area contributed by atoms with Crippen molar-refractivity contribution in [1.29, 1.82) is 0 Å². The van der Waals surface area contributed by atoms with E-state index < -0.39 is 0 Å². The van der Waals surface area contributed by atoms with Gasteiger partial charge in [0.15, 0.2) is 0 Å². The van der Waals surface area contributed by atoms with Gasteiger partial charge in [0.25, 0.3) is 0 Å². The van der Waals surface area contributed by atoms with Gasteiger partial charge in [-0.1, -0.05) is 133 Å². The molecule has 1 fully saturated rings. The molecule has 272 valence electrons. The number of fused-ring (bicyclic) bond motifs is 9. The van der Waals surface area contributed by atoms with Crippen molar-refractivity contribution in [3.8, 4) is 16.8 Å². The summed E-state index contributed by atoms with van der Waals surface area (Å²) in [6.07, 6.45) is -0.368. The molecule has 0 spiro atoms. The molecule has 1 aliphatic rings. The van der Waals surface area contributed by atoms with Crippen molar-refractivity contribution >= 4 is 65.7 Å². The third kappa shape index (κ3) is 5.09. The van der Waals surface area contributed by atoms with Gasteiger partial charge in [0, 0.05) is 44.1 Å². The zero-order valence-electron chi connectivity index (χ0n) is 30.8. The fourth-order valence-electron chi connectivity index (χ4n) is 9.24. The molecule has 0 saturated carbocycles. The number of aromatic nitrogens is 1. The predicted octanol–water partition coefficient (Wildman–Crippen LogP) is 12.4. The number of furan rings is 2. The Morgan fingerprint density at radius 3 is 1.53 bits per heavy atom. The summed E-state index contributed by atoms with van der Waals surface area (Å²) >= 11 is 0. The normalized spacial score (nSPS) is 17.4. The first-order valence-corrected chi connectivity index (χ1v) is 19.5. The molecule has 6 nitrogen and oxygen atoms in total. The largest absolute Gasteiger partial charge is 0.456 e. The van der Waals surface area contributed by atoms with Gasteiger partial charge in [0.1, 0.15) is 22.3 Å². The van der Waals surface area contributed by atoms with Crippen molar-refractivity contribution in [1.82, 2.24) is 20.5 Å². The summed E-state index contributed by atoms with van der Waals surface area (Å²) in [5, 5.41) is 18.4. The second kappa shape index (κ2) is 12.8. The highest BCUT2D eigenvalue weighted by Gasteiger charge is 2.32. The number of para-hydroxylation sites is 2. The standard InChI is InChI=1S/C51H36N4O2/c1-3-14-31(15-4-1)49-52-50(32-16-5-2-6-17-32)54-51(53-49)39-22-13-27-44-48(39)47-37(21-12-26-43(47)56-44)36-20-11-25-42-46(36)38-29-28-33(30-45(38)57-42)55-40-23-9-7-18-34(40)35-19-8-10-24-41(35)55/h1-30,49-54H. The molecule has 0 bridgehead atoms. The summed E-state index contributed by atoms with van der Waals surface area (Å²) < 4.78 is 15.7. The Labute approximate surface area is 327 Å². The molecule has 0 radical (unpaired) electrons. The lowest BCUT2D eigenvalue weighted by molar-refractivity contribution is 0.204. The number of benzene rings is 8. The van der Waals surface area contributed by atoms with Gasteiger partial charge in [0.05, 0.1) is 29.5 Å². The minimum absolute atomic E-state index is 0.0889. The van der Waals surface area contributed by atoms with Crippen LogP contribution in [0.5, 0.6) is 0 Å². The van der Waals surface area contributed by atoms with Crippen LogP contribution in [0.1, 0.15) is 35.2 Å².